The van der Waals surface area contributed by atoms with Crippen LogP contribution < -0.4 is 5.32 Å². The highest BCUT2D eigenvalue weighted by atomic mass is 16.4. The van der Waals surface area contributed by atoms with Crippen molar-refractivity contribution >= 4 is 11.9 Å². The quantitative estimate of drug-likeness (QED) is 0.768. The van der Waals surface area contributed by atoms with Crippen LogP contribution in [-0.4, -0.2) is 38.3 Å². The Balaban J connectivity index is 2.58. The average molecular weight is 254 g/mol. The second kappa shape index (κ2) is 5.61. The van der Waals surface area contributed by atoms with Crippen molar-refractivity contribution in [3.63, 3.8) is 0 Å². The summed E-state index contributed by atoms with van der Waals surface area (Å²) in [7, 11) is 0. The molecule has 100 valence electrons. The number of hydrogen-bond donors (Lipinski definition) is 2. The molecule has 0 aliphatic rings. The summed E-state index contributed by atoms with van der Waals surface area (Å²) in [5.41, 5.74) is -0.947. The van der Waals surface area contributed by atoms with Crippen LogP contribution in [0.3, 0.4) is 0 Å². The van der Waals surface area contributed by atoms with Crippen molar-refractivity contribution in [2.24, 2.45) is 5.41 Å². The van der Waals surface area contributed by atoms with Gasteiger partial charge in [-0.1, -0.05) is 6.92 Å². The van der Waals surface area contributed by atoms with E-state index in [2.05, 4.69) is 15.4 Å². The van der Waals surface area contributed by atoms with Gasteiger partial charge < -0.3 is 10.4 Å². The van der Waals surface area contributed by atoms with Gasteiger partial charge in [-0.3, -0.25) is 9.59 Å². The number of aromatic nitrogens is 3. The summed E-state index contributed by atoms with van der Waals surface area (Å²) in [6.07, 6.45) is 3.23. The van der Waals surface area contributed by atoms with Crippen LogP contribution in [0.15, 0.2) is 12.7 Å². The van der Waals surface area contributed by atoms with E-state index in [0.29, 0.717) is 6.42 Å². The molecule has 7 heteroatoms. The van der Waals surface area contributed by atoms with Gasteiger partial charge in [-0.25, -0.2) is 9.67 Å². The van der Waals surface area contributed by atoms with E-state index in [-0.39, 0.29) is 12.5 Å². The monoisotopic (exact) mass is 254 g/mol. The van der Waals surface area contributed by atoms with Gasteiger partial charge in [0.2, 0.25) is 5.91 Å². The standard InChI is InChI=1S/C11H18N4O3/c1-4-11(3,10(17)18)5-13-9(16)8(2)15-7-12-6-14-15/h6-8H,4-5H2,1-3H3,(H,13,16)(H,17,18). The number of rotatable bonds is 6. The predicted octanol–water partition coefficient (Wildman–Crippen LogP) is 0.456. The zero-order chi connectivity index (χ0) is 13.8. The SMILES string of the molecule is CCC(C)(CNC(=O)C(C)n1cncn1)C(=O)O. The van der Waals surface area contributed by atoms with E-state index in [4.69, 9.17) is 5.11 Å². The van der Waals surface area contributed by atoms with E-state index in [1.807, 2.05) is 0 Å². The third-order valence-electron chi connectivity index (χ3n) is 3.16. The van der Waals surface area contributed by atoms with Gasteiger partial charge >= 0.3 is 5.97 Å². The predicted molar refractivity (Wildman–Crippen MR) is 63.8 cm³/mol. The molecule has 1 heterocycles. The van der Waals surface area contributed by atoms with Crippen molar-refractivity contribution in [2.75, 3.05) is 6.54 Å². The Hall–Kier alpha value is -1.92. The summed E-state index contributed by atoms with van der Waals surface area (Å²) in [5.74, 6) is -1.19. The number of carbonyl (C=O) groups excluding carboxylic acids is 1. The fraction of sp³-hybridized carbons (Fsp3) is 0.636. The highest BCUT2D eigenvalue weighted by molar-refractivity contribution is 5.81. The summed E-state index contributed by atoms with van der Waals surface area (Å²) < 4.78 is 1.42. The van der Waals surface area contributed by atoms with Gasteiger partial charge in [0.1, 0.15) is 18.7 Å². The zero-order valence-electron chi connectivity index (χ0n) is 10.8. The van der Waals surface area contributed by atoms with Crippen molar-refractivity contribution < 1.29 is 14.7 Å². The summed E-state index contributed by atoms with van der Waals surface area (Å²) in [6.45, 7) is 5.15. The summed E-state index contributed by atoms with van der Waals surface area (Å²) in [5, 5.41) is 15.6. The van der Waals surface area contributed by atoms with E-state index in [1.165, 1.54) is 17.3 Å². The molecule has 18 heavy (non-hydrogen) atoms. The number of carbonyl (C=O) groups is 2. The molecular weight excluding hydrogens is 236 g/mol. The molecule has 2 atom stereocenters. The Morgan fingerprint density at radius 1 is 1.56 bits per heavy atom. The van der Waals surface area contributed by atoms with Crippen molar-refractivity contribution in [3.05, 3.63) is 12.7 Å². The molecule has 0 bridgehead atoms. The van der Waals surface area contributed by atoms with E-state index in [0.717, 1.165) is 0 Å². The maximum absolute atomic E-state index is 11.8. The molecule has 1 rings (SSSR count). The summed E-state index contributed by atoms with van der Waals surface area (Å²) in [4.78, 5) is 26.7. The third-order valence-corrected chi connectivity index (χ3v) is 3.16. The number of hydrogen-bond acceptors (Lipinski definition) is 4. The number of aliphatic carboxylic acids is 1. The smallest absolute Gasteiger partial charge is 0.311 e. The van der Waals surface area contributed by atoms with Gasteiger partial charge in [-0.15, -0.1) is 0 Å². The Bertz CT molecular complexity index is 418. The van der Waals surface area contributed by atoms with Crippen molar-refractivity contribution in [3.8, 4) is 0 Å². The highest BCUT2D eigenvalue weighted by Gasteiger charge is 2.32. The van der Waals surface area contributed by atoms with E-state index in [9.17, 15) is 9.59 Å². The first kappa shape index (κ1) is 14.1. The van der Waals surface area contributed by atoms with Crippen LogP contribution in [0.4, 0.5) is 0 Å². The highest BCUT2D eigenvalue weighted by Crippen LogP contribution is 2.20. The molecule has 0 aromatic carbocycles. The third kappa shape index (κ3) is 3.06. The van der Waals surface area contributed by atoms with Crippen molar-refractivity contribution in [2.45, 2.75) is 33.2 Å². The minimum atomic E-state index is -0.947. The van der Waals surface area contributed by atoms with E-state index >= 15 is 0 Å². The Labute approximate surface area is 105 Å². The van der Waals surface area contributed by atoms with Gasteiger partial charge in [0.05, 0.1) is 5.41 Å². The molecule has 0 fully saturated rings. The number of amides is 1. The summed E-state index contributed by atoms with van der Waals surface area (Å²) in [6, 6.07) is -0.512. The van der Waals surface area contributed by atoms with Crippen LogP contribution in [0, 0.1) is 5.41 Å². The minimum absolute atomic E-state index is 0.0940. The normalized spacial score (nSPS) is 15.7. The van der Waals surface area contributed by atoms with Gasteiger partial charge in [-0.2, -0.15) is 5.10 Å². The van der Waals surface area contributed by atoms with E-state index < -0.39 is 17.4 Å². The van der Waals surface area contributed by atoms with Gasteiger partial charge in [0.15, 0.2) is 0 Å². The van der Waals surface area contributed by atoms with Gasteiger partial charge in [0, 0.05) is 6.54 Å². The first-order valence-corrected chi connectivity index (χ1v) is 5.76. The van der Waals surface area contributed by atoms with Crippen molar-refractivity contribution in [1.29, 1.82) is 0 Å². The Morgan fingerprint density at radius 3 is 2.67 bits per heavy atom. The fourth-order valence-corrected chi connectivity index (χ4v) is 1.32. The van der Waals surface area contributed by atoms with Crippen LogP contribution in [0.2, 0.25) is 0 Å². The number of nitrogens with zero attached hydrogens (tertiary/aromatic N) is 3. The molecular formula is C11H18N4O3. The molecule has 0 aliphatic heterocycles. The minimum Gasteiger partial charge on any atom is -0.481 e. The molecule has 1 amide bonds. The molecule has 2 N–H and O–H groups in total. The lowest BCUT2D eigenvalue weighted by atomic mass is 9.87. The Kier molecular flexibility index (Phi) is 4.41. The second-order valence-electron chi connectivity index (χ2n) is 4.49. The lowest BCUT2D eigenvalue weighted by Crippen LogP contribution is -2.42. The molecule has 0 saturated heterocycles. The Morgan fingerprint density at radius 2 is 2.22 bits per heavy atom. The fourth-order valence-electron chi connectivity index (χ4n) is 1.32. The first-order chi connectivity index (χ1) is 8.40. The molecule has 7 nitrogen and oxygen atoms in total. The number of carboxylic acids is 1. The second-order valence-corrected chi connectivity index (χ2v) is 4.49. The van der Waals surface area contributed by atoms with Crippen LogP contribution in [0.1, 0.15) is 33.2 Å². The maximum atomic E-state index is 11.8. The maximum Gasteiger partial charge on any atom is 0.311 e. The largest absolute Gasteiger partial charge is 0.481 e. The number of nitrogens with one attached hydrogen (secondary N) is 1. The molecule has 1 aromatic rings. The van der Waals surface area contributed by atoms with E-state index in [1.54, 1.807) is 20.8 Å². The van der Waals surface area contributed by atoms with Crippen LogP contribution in [-0.2, 0) is 9.59 Å². The average Bonchev–Trinajstić information content (AvgIpc) is 2.88. The molecule has 0 aliphatic carbocycles. The lowest BCUT2D eigenvalue weighted by Gasteiger charge is -2.24. The lowest BCUT2D eigenvalue weighted by molar-refractivity contribution is -0.148. The van der Waals surface area contributed by atoms with Gasteiger partial charge in [0.25, 0.3) is 0 Å². The van der Waals surface area contributed by atoms with Crippen LogP contribution in [0.5, 0.6) is 0 Å². The molecule has 2 unspecified atom stereocenters. The van der Waals surface area contributed by atoms with Crippen LogP contribution in [0.25, 0.3) is 0 Å². The first-order valence-electron chi connectivity index (χ1n) is 5.76. The van der Waals surface area contributed by atoms with Crippen LogP contribution >= 0.6 is 0 Å². The number of carboxylic acid groups (broad SMARTS) is 1. The van der Waals surface area contributed by atoms with Gasteiger partial charge in [-0.05, 0) is 20.3 Å². The summed E-state index contributed by atoms with van der Waals surface area (Å²) >= 11 is 0. The molecule has 0 spiro atoms. The zero-order valence-corrected chi connectivity index (χ0v) is 10.8. The molecule has 0 saturated carbocycles. The molecule has 1 aromatic heterocycles. The van der Waals surface area contributed by atoms with Crippen molar-refractivity contribution in [1.82, 2.24) is 20.1 Å². The topological polar surface area (TPSA) is 97.1 Å². The molecule has 0 radical (unpaired) electrons.